The number of para-hydroxylation sites is 1. The lowest BCUT2D eigenvalue weighted by Gasteiger charge is -2.28. The molecule has 0 heterocycles. The van der Waals surface area contributed by atoms with Gasteiger partial charge in [0.2, 0.25) is 15.9 Å². The average molecular weight is 375 g/mol. The van der Waals surface area contributed by atoms with Crippen molar-refractivity contribution in [3.05, 3.63) is 65.2 Å². The first kappa shape index (κ1) is 20.0. The summed E-state index contributed by atoms with van der Waals surface area (Å²) in [5.41, 5.74) is 3.36. The number of benzene rings is 2. The predicted octanol–water partition coefficient (Wildman–Crippen LogP) is 2.98. The van der Waals surface area contributed by atoms with Crippen molar-refractivity contribution < 1.29 is 13.2 Å². The number of sulfonamides is 1. The van der Waals surface area contributed by atoms with Crippen molar-refractivity contribution in [3.8, 4) is 0 Å². The molecule has 6 heteroatoms. The SMILES string of the molecule is CCc1cccc(C)c1N(CC(=O)N(C)Cc1ccccc1)S(C)(=O)=O. The standard InChI is InChI=1S/C20H26N2O3S/c1-5-18-13-9-10-16(2)20(18)22(26(4,24)25)15-19(23)21(3)14-17-11-7-6-8-12-17/h6-13H,5,14-15H2,1-4H3. The number of likely N-dealkylation sites (N-methyl/N-ethyl adjacent to an activating group) is 1. The van der Waals surface area contributed by atoms with E-state index in [0.29, 0.717) is 18.7 Å². The summed E-state index contributed by atoms with van der Waals surface area (Å²) in [7, 11) is -1.90. The second-order valence-electron chi connectivity index (χ2n) is 6.44. The van der Waals surface area contributed by atoms with Crippen LogP contribution >= 0.6 is 0 Å². The summed E-state index contributed by atoms with van der Waals surface area (Å²) in [6.45, 7) is 4.07. The van der Waals surface area contributed by atoms with Gasteiger partial charge in [0.25, 0.3) is 0 Å². The van der Waals surface area contributed by atoms with E-state index < -0.39 is 10.0 Å². The molecule has 0 atom stereocenters. The van der Waals surface area contributed by atoms with Crippen molar-refractivity contribution in [2.45, 2.75) is 26.8 Å². The first-order chi connectivity index (χ1) is 12.2. The van der Waals surface area contributed by atoms with Crippen LogP contribution < -0.4 is 4.31 Å². The van der Waals surface area contributed by atoms with Gasteiger partial charge in [-0.3, -0.25) is 9.10 Å². The van der Waals surface area contributed by atoms with E-state index in [-0.39, 0.29) is 12.5 Å². The Hall–Kier alpha value is -2.34. The normalized spacial score (nSPS) is 11.2. The Balaban J connectivity index is 2.28. The maximum atomic E-state index is 12.7. The molecule has 0 fully saturated rings. The summed E-state index contributed by atoms with van der Waals surface area (Å²) in [6, 6.07) is 15.3. The van der Waals surface area contributed by atoms with Crippen LogP contribution in [0.2, 0.25) is 0 Å². The fourth-order valence-corrected chi connectivity index (χ4v) is 3.85. The zero-order chi connectivity index (χ0) is 19.3. The molecule has 5 nitrogen and oxygen atoms in total. The van der Waals surface area contributed by atoms with Gasteiger partial charge in [-0.2, -0.15) is 0 Å². The third-order valence-corrected chi connectivity index (χ3v) is 5.43. The van der Waals surface area contributed by atoms with Crippen LogP contribution in [0.5, 0.6) is 0 Å². The molecular formula is C20H26N2O3S. The monoisotopic (exact) mass is 374 g/mol. The van der Waals surface area contributed by atoms with Crippen LogP contribution in [0.1, 0.15) is 23.6 Å². The van der Waals surface area contributed by atoms with Crippen molar-refractivity contribution in [3.63, 3.8) is 0 Å². The quantitative estimate of drug-likeness (QED) is 0.749. The van der Waals surface area contributed by atoms with Gasteiger partial charge in [-0.15, -0.1) is 0 Å². The lowest BCUT2D eigenvalue weighted by molar-refractivity contribution is -0.128. The van der Waals surface area contributed by atoms with Crippen molar-refractivity contribution in [1.82, 2.24) is 4.90 Å². The van der Waals surface area contributed by atoms with Gasteiger partial charge < -0.3 is 4.90 Å². The number of amides is 1. The van der Waals surface area contributed by atoms with Gasteiger partial charge in [0, 0.05) is 13.6 Å². The number of hydrogen-bond donors (Lipinski definition) is 0. The third-order valence-electron chi connectivity index (χ3n) is 4.32. The van der Waals surface area contributed by atoms with Gasteiger partial charge in [-0.05, 0) is 30.0 Å². The van der Waals surface area contributed by atoms with Crippen LogP contribution in [0, 0.1) is 6.92 Å². The van der Waals surface area contributed by atoms with E-state index >= 15 is 0 Å². The first-order valence-corrected chi connectivity index (χ1v) is 10.4. The van der Waals surface area contributed by atoms with Crippen LogP contribution in [-0.4, -0.2) is 39.1 Å². The van der Waals surface area contributed by atoms with Gasteiger partial charge in [0.1, 0.15) is 6.54 Å². The number of hydrogen-bond acceptors (Lipinski definition) is 3. The number of aryl methyl sites for hydroxylation is 2. The largest absolute Gasteiger partial charge is 0.340 e. The third kappa shape index (κ3) is 4.85. The lowest BCUT2D eigenvalue weighted by atomic mass is 10.1. The summed E-state index contributed by atoms with van der Waals surface area (Å²) >= 11 is 0. The van der Waals surface area contributed by atoms with E-state index in [0.717, 1.165) is 22.9 Å². The van der Waals surface area contributed by atoms with Gasteiger partial charge in [0.15, 0.2) is 0 Å². The van der Waals surface area contributed by atoms with E-state index in [2.05, 4.69) is 0 Å². The molecule has 2 aromatic rings. The highest BCUT2D eigenvalue weighted by molar-refractivity contribution is 7.92. The fourth-order valence-electron chi connectivity index (χ4n) is 2.91. The van der Waals surface area contributed by atoms with E-state index in [4.69, 9.17) is 0 Å². The molecule has 0 radical (unpaired) electrons. The van der Waals surface area contributed by atoms with Crippen LogP contribution in [0.15, 0.2) is 48.5 Å². The van der Waals surface area contributed by atoms with Crippen molar-refractivity contribution in [1.29, 1.82) is 0 Å². The van der Waals surface area contributed by atoms with Gasteiger partial charge in [-0.1, -0.05) is 55.5 Å². The summed E-state index contributed by atoms with van der Waals surface area (Å²) < 4.78 is 26.1. The van der Waals surface area contributed by atoms with Crippen LogP contribution in [0.25, 0.3) is 0 Å². The number of carbonyl (C=O) groups is 1. The molecule has 140 valence electrons. The first-order valence-electron chi connectivity index (χ1n) is 8.58. The Morgan fingerprint density at radius 1 is 1.04 bits per heavy atom. The minimum atomic E-state index is -3.59. The molecule has 1 amide bonds. The van der Waals surface area contributed by atoms with E-state index in [1.807, 2.05) is 62.4 Å². The molecule has 0 spiro atoms. The van der Waals surface area contributed by atoms with Crippen LogP contribution in [0.3, 0.4) is 0 Å². The van der Waals surface area contributed by atoms with Crippen molar-refractivity contribution in [2.75, 3.05) is 24.2 Å². The predicted molar refractivity (Wildman–Crippen MR) is 106 cm³/mol. The van der Waals surface area contributed by atoms with Gasteiger partial charge >= 0.3 is 0 Å². The Kier molecular flexibility index (Phi) is 6.42. The molecule has 2 aromatic carbocycles. The minimum Gasteiger partial charge on any atom is -0.340 e. The Morgan fingerprint density at radius 3 is 2.27 bits per heavy atom. The zero-order valence-corrected chi connectivity index (χ0v) is 16.6. The molecule has 0 bridgehead atoms. The fraction of sp³-hybridized carbons (Fsp3) is 0.350. The maximum absolute atomic E-state index is 12.7. The molecule has 0 N–H and O–H groups in total. The molecule has 0 aliphatic carbocycles. The molecule has 0 unspecified atom stereocenters. The van der Waals surface area contributed by atoms with Gasteiger partial charge in [0.05, 0.1) is 11.9 Å². The summed E-state index contributed by atoms with van der Waals surface area (Å²) in [6.07, 6.45) is 1.83. The molecule has 2 rings (SSSR count). The van der Waals surface area contributed by atoms with Crippen LogP contribution in [0.4, 0.5) is 5.69 Å². The highest BCUT2D eigenvalue weighted by Gasteiger charge is 2.25. The summed E-state index contributed by atoms with van der Waals surface area (Å²) in [5, 5.41) is 0. The van der Waals surface area contributed by atoms with E-state index in [1.54, 1.807) is 11.9 Å². The molecular weight excluding hydrogens is 348 g/mol. The minimum absolute atomic E-state index is 0.208. The Morgan fingerprint density at radius 2 is 1.69 bits per heavy atom. The van der Waals surface area contributed by atoms with E-state index in [9.17, 15) is 13.2 Å². The second-order valence-corrected chi connectivity index (χ2v) is 8.35. The summed E-state index contributed by atoms with van der Waals surface area (Å²) in [5.74, 6) is -0.246. The average Bonchev–Trinajstić information content (AvgIpc) is 2.59. The maximum Gasteiger partial charge on any atom is 0.243 e. The number of carbonyl (C=O) groups excluding carboxylic acids is 1. The highest BCUT2D eigenvalue weighted by atomic mass is 32.2. The molecule has 0 saturated heterocycles. The smallest absolute Gasteiger partial charge is 0.243 e. The number of nitrogens with zero attached hydrogens (tertiary/aromatic N) is 2. The summed E-state index contributed by atoms with van der Waals surface area (Å²) in [4.78, 5) is 14.3. The topological polar surface area (TPSA) is 57.7 Å². The lowest BCUT2D eigenvalue weighted by Crippen LogP contribution is -2.41. The zero-order valence-electron chi connectivity index (χ0n) is 15.8. The molecule has 0 aliphatic heterocycles. The second kappa shape index (κ2) is 8.36. The van der Waals surface area contributed by atoms with Crippen LogP contribution in [-0.2, 0) is 27.8 Å². The Bertz CT molecular complexity index is 864. The highest BCUT2D eigenvalue weighted by Crippen LogP contribution is 2.28. The van der Waals surface area contributed by atoms with Crippen molar-refractivity contribution in [2.24, 2.45) is 0 Å². The van der Waals surface area contributed by atoms with Crippen molar-refractivity contribution >= 4 is 21.6 Å². The molecule has 0 saturated carbocycles. The molecule has 26 heavy (non-hydrogen) atoms. The number of rotatable bonds is 7. The Labute approximate surface area is 156 Å². The van der Waals surface area contributed by atoms with Gasteiger partial charge in [-0.25, -0.2) is 8.42 Å². The van der Waals surface area contributed by atoms with E-state index in [1.165, 1.54) is 4.31 Å². The molecule has 0 aliphatic rings. The number of anilines is 1. The molecule has 0 aromatic heterocycles.